The molecular formula is C17H24BrNO2. The Morgan fingerprint density at radius 2 is 2.00 bits per heavy atom. The van der Waals surface area contributed by atoms with E-state index in [-0.39, 0.29) is 10.6 Å². The Morgan fingerprint density at radius 1 is 1.33 bits per heavy atom. The van der Waals surface area contributed by atoms with Gasteiger partial charge < -0.3 is 4.42 Å². The highest BCUT2D eigenvalue weighted by Crippen LogP contribution is 2.35. The van der Waals surface area contributed by atoms with Gasteiger partial charge in [-0.05, 0) is 41.9 Å². The van der Waals surface area contributed by atoms with Crippen LogP contribution in [0.3, 0.4) is 0 Å². The van der Waals surface area contributed by atoms with Crippen LogP contribution in [0.4, 0.5) is 0 Å². The molecule has 3 nitrogen and oxygen atoms in total. The summed E-state index contributed by atoms with van der Waals surface area (Å²) in [5.41, 5.74) is 3.01. The topological polar surface area (TPSA) is 35.1 Å². The van der Waals surface area contributed by atoms with Gasteiger partial charge in [-0.25, -0.2) is 4.79 Å². The number of aryl methyl sites for hydroxylation is 1. The molecule has 2 aromatic rings. The minimum atomic E-state index is -0.311. The summed E-state index contributed by atoms with van der Waals surface area (Å²) >= 11 is 3.78. The Kier molecular flexibility index (Phi) is 4.66. The molecule has 2 rings (SSSR count). The first-order chi connectivity index (χ1) is 9.67. The number of hydrogen-bond acceptors (Lipinski definition) is 2. The lowest BCUT2D eigenvalue weighted by molar-refractivity contribution is 0.296. The fourth-order valence-corrected chi connectivity index (χ4v) is 3.89. The van der Waals surface area contributed by atoms with Gasteiger partial charge in [0.15, 0.2) is 5.58 Å². The smallest absolute Gasteiger partial charge is 0.408 e. The molecule has 1 aromatic heterocycles. The van der Waals surface area contributed by atoms with Crippen molar-refractivity contribution in [1.82, 2.24) is 4.57 Å². The normalized spacial score (nSPS) is 15.3. The molecule has 0 radical (unpaired) electrons. The molecule has 21 heavy (non-hydrogen) atoms. The van der Waals surface area contributed by atoms with Crippen LogP contribution in [0.2, 0.25) is 0 Å². The van der Waals surface area contributed by atoms with E-state index in [1.54, 1.807) is 7.05 Å². The van der Waals surface area contributed by atoms with Crippen molar-refractivity contribution in [2.75, 3.05) is 0 Å². The Hall–Kier alpha value is -1.03. The maximum absolute atomic E-state index is 11.5. The van der Waals surface area contributed by atoms with Crippen molar-refractivity contribution < 1.29 is 4.42 Å². The first kappa shape index (κ1) is 16.3. The summed E-state index contributed by atoms with van der Waals surface area (Å²) in [7, 11) is 1.73. The second-order valence-corrected chi connectivity index (χ2v) is 8.33. The number of fused-ring (bicyclic) bond motifs is 1. The Bertz CT molecular complexity index is 678. The van der Waals surface area contributed by atoms with E-state index in [4.69, 9.17) is 4.42 Å². The van der Waals surface area contributed by atoms with Crippen LogP contribution in [0, 0.1) is 11.3 Å². The van der Waals surface area contributed by atoms with Crippen molar-refractivity contribution in [3.8, 4) is 0 Å². The third-order valence-electron chi connectivity index (χ3n) is 3.75. The summed E-state index contributed by atoms with van der Waals surface area (Å²) in [4.78, 5) is 11.8. The number of halogens is 1. The van der Waals surface area contributed by atoms with Gasteiger partial charge in [-0.15, -0.1) is 0 Å². The molecule has 0 spiro atoms. The summed E-state index contributed by atoms with van der Waals surface area (Å²) < 4.78 is 6.79. The lowest BCUT2D eigenvalue weighted by Gasteiger charge is -2.24. The third kappa shape index (κ3) is 4.00. The van der Waals surface area contributed by atoms with Gasteiger partial charge in [0.05, 0.1) is 5.52 Å². The van der Waals surface area contributed by atoms with Gasteiger partial charge in [-0.2, -0.15) is 0 Å². The van der Waals surface area contributed by atoms with E-state index >= 15 is 0 Å². The molecule has 0 aliphatic carbocycles. The summed E-state index contributed by atoms with van der Waals surface area (Å²) in [5.74, 6) is 0.322. The van der Waals surface area contributed by atoms with Crippen molar-refractivity contribution >= 4 is 27.0 Å². The van der Waals surface area contributed by atoms with E-state index in [1.807, 2.05) is 12.1 Å². The van der Waals surface area contributed by atoms with Crippen molar-refractivity contribution in [2.24, 2.45) is 18.4 Å². The fourth-order valence-electron chi connectivity index (χ4n) is 2.96. The molecule has 0 aliphatic heterocycles. The zero-order valence-corrected chi connectivity index (χ0v) is 15.0. The van der Waals surface area contributed by atoms with Crippen LogP contribution >= 0.6 is 15.9 Å². The maximum atomic E-state index is 11.5. The van der Waals surface area contributed by atoms with Crippen molar-refractivity contribution in [2.45, 2.75) is 45.4 Å². The zero-order chi connectivity index (χ0) is 15.8. The molecule has 0 bridgehead atoms. The average molecular weight is 354 g/mol. The van der Waals surface area contributed by atoms with Gasteiger partial charge in [0.1, 0.15) is 0 Å². The lowest BCUT2D eigenvalue weighted by atomic mass is 9.83. The van der Waals surface area contributed by atoms with Crippen LogP contribution in [-0.2, 0) is 7.05 Å². The van der Waals surface area contributed by atoms with E-state index in [1.165, 1.54) is 11.0 Å². The lowest BCUT2D eigenvalue weighted by Crippen LogP contribution is -2.12. The first-order valence-electron chi connectivity index (χ1n) is 7.41. The van der Waals surface area contributed by atoms with Crippen LogP contribution in [0.1, 0.15) is 50.9 Å². The molecule has 2 unspecified atom stereocenters. The van der Waals surface area contributed by atoms with E-state index in [2.05, 4.69) is 49.7 Å². The fraction of sp³-hybridized carbons (Fsp3) is 0.588. The van der Waals surface area contributed by atoms with Crippen molar-refractivity contribution in [1.29, 1.82) is 0 Å². The highest BCUT2D eigenvalue weighted by atomic mass is 79.9. The van der Waals surface area contributed by atoms with Crippen LogP contribution < -0.4 is 5.76 Å². The largest absolute Gasteiger partial charge is 0.419 e. The molecule has 0 saturated heterocycles. The standard InChI is InChI=1S/C17H24BrNO2/c1-11(10-17(2,3)4)8-13(18)12-6-7-14-15(9-12)21-16(20)19(14)5/h6-7,9,11,13H,8,10H2,1-5H3. The number of alkyl halides is 1. The summed E-state index contributed by atoms with van der Waals surface area (Å²) in [6, 6.07) is 6.00. The predicted octanol–water partition coefficient (Wildman–Crippen LogP) is 5.03. The number of oxazole rings is 1. The molecule has 0 saturated carbocycles. The summed E-state index contributed by atoms with van der Waals surface area (Å²) in [6.45, 7) is 9.12. The molecule has 2 atom stereocenters. The molecule has 0 N–H and O–H groups in total. The van der Waals surface area contributed by atoms with Crippen molar-refractivity contribution in [3.63, 3.8) is 0 Å². The van der Waals surface area contributed by atoms with Gasteiger partial charge in [0, 0.05) is 11.9 Å². The molecule has 0 aliphatic rings. The maximum Gasteiger partial charge on any atom is 0.419 e. The Labute approximate surface area is 134 Å². The quantitative estimate of drug-likeness (QED) is 0.722. The number of hydrogen-bond donors (Lipinski definition) is 0. The van der Waals surface area contributed by atoms with E-state index in [9.17, 15) is 4.79 Å². The second-order valence-electron chi connectivity index (χ2n) is 7.23. The predicted molar refractivity (Wildman–Crippen MR) is 91.0 cm³/mol. The van der Waals surface area contributed by atoms with Crippen molar-refractivity contribution in [3.05, 3.63) is 34.3 Å². The monoisotopic (exact) mass is 353 g/mol. The number of aromatic nitrogens is 1. The summed E-state index contributed by atoms with van der Waals surface area (Å²) in [5, 5.41) is 0. The van der Waals surface area contributed by atoms with Gasteiger partial charge in [-0.1, -0.05) is 49.7 Å². The van der Waals surface area contributed by atoms with Crippen LogP contribution in [0.15, 0.2) is 27.4 Å². The molecule has 1 heterocycles. The van der Waals surface area contributed by atoms with E-state index in [0.717, 1.165) is 17.5 Å². The molecule has 1 aromatic carbocycles. The van der Waals surface area contributed by atoms with Gasteiger partial charge in [0.25, 0.3) is 0 Å². The highest BCUT2D eigenvalue weighted by molar-refractivity contribution is 9.09. The van der Waals surface area contributed by atoms with Gasteiger partial charge in [0.2, 0.25) is 0 Å². The molecule has 116 valence electrons. The minimum absolute atomic E-state index is 0.282. The Morgan fingerprint density at radius 3 is 2.62 bits per heavy atom. The number of benzene rings is 1. The summed E-state index contributed by atoms with van der Waals surface area (Å²) in [6.07, 6.45) is 2.26. The first-order valence-corrected chi connectivity index (χ1v) is 8.32. The highest BCUT2D eigenvalue weighted by Gasteiger charge is 2.19. The third-order valence-corrected chi connectivity index (χ3v) is 4.65. The molecule has 0 fully saturated rings. The van der Waals surface area contributed by atoms with Crippen LogP contribution in [0.5, 0.6) is 0 Å². The molecule has 4 heteroatoms. The van der Waals surface area contributed by atoms with Crippen LogP contribution in [0.25, 0.3) is 11.1 Å². The molecule has 0 amide bonds. The SMILES string of the molecule is CC(CC(Br)c1ccc2c(c1)oc(=O)n2C)CC(C)(C)C. The number of nitrogens with zero attached hydrogens (tertiary/aromatic N) is 1. The minimum Gasteiger partial charge on any atom is -0.408 e. The molecular weight excluding hydrogens is 330 g/mol. The zero-order valence-electron chi connectivity index (χ0n) is 13.4. The Balaban J connectivity index is 2.16. The van der Waals surface area contributed by atoms with E-state index in [0.29, 0.717) is 16.9 Å². The number of rotatable bonds is 4. The van der Waals surface area contributed by atoms with Gasteiger partial charge >= 0.3 is 5.76 Å². The van der Waals surface area contributed by atoms with Gasteiger partial charge in [-0.3, -0.25) is 4.57 Å². The second kappa shape index (κ2) is 5.99. The van der Waals surface area contributed by atoms with E-state index < -0.39 is 0 Å². The average Bonchev–Trinajstić information content (AvgIpc) is 2.62. The van der Waals surface area contributed by atoms with Crippen LogP contribution in [-0.4, -0.2) is 4.57 Å².